The summed E-state index contributed by atoms with van der Waals surface area (Å²) in [6.07, 6.45) is 0.324. The molecule has 0 aliphatic carbocycles. The number of carbonyl (C=O) groups is 2. The molecule has 0 saturated carbocycles. The van der Waals surface area contributed by atoms with E-state index in [0.717, 1.165) is 6.42 Å². The Morgan fingerprint density at radius 1 is 1.25 bits per heavy atom. The molecular formula is C15H22N2O3. The van der Waals surface area contributed by atoms with Crippen LogP contribution in [0.2, 0.25) is 0 Å². The molecule has 2 atom stereocenters. The van der Waals surface area contributed by atoms with Crippen LogP contribution in [-0.4, -0.2) is 29.6 Å². The lowest BCUT2D eigenvalue weighted by molar-refractivity contribution is -0.114. The summed E-state index contributed by atoms with van der Waals surface area (Å²) in [7, 11) is 0. The predicted molar refractivity (Wildman–Crippen MR) is 78.5 cm³/mol. The highest BCUT2D eigenvalue weighted by Gasteiger charge is 2.14. The van der Waals surface area contributed by atoms with Gasteiger partial charge >= 0.3 is 0 Å². The molecule has 1 aromatic carbocycles. The second kappa shape index (κ2) is 7.65. The molecule has 1 rings (SSSR count). The first-order chi connectivity index (χ1) is 9.43. The van der Waals surface area contributed by atoms with Crippen LogP contribution in [0.25, 0.3) is 0 Å². The zero-order chi connectivity index (χ0) is 15.1. The third-order valence-electron chi connectivity index (χ3n) is 3.24. The Hall–Kier alpha value is -1.88. The summed E-state index contributed by atoms with van der Waals surface area (Å²) in [5, 5.41) is 15.1. The van der Waals surface area contributed by atoms with E-state index in [1.807, 2.05) is 13.8 Å². The highest BCUT2D eigenvalue weighted by atomic mass is 16.3. The first-order valence-corrected chi connectivity index (χ1v) is 6.78. The molecule has 3 N–H and O–H groups in total. The molecule has 0 aromatic heterocycles. The fraction of sp³-hybridized carbons (Fsp3) is 0.467. The predicted octanol–water partition coefficient (Wildman–Crippen LogP) is 1.78. The monoisotopic (exact) mass is 278 g/mol. The van der Waals surface area contributed by atoms with E-state index in [-0.39, 0.29) is 24.3 Å². The number of rotatable bonds is 6. The molecule has 5 nitrogen and oxygen atoms in total. The number of nitrogens with one attached hydrogen (secondary N) is 2. The minimum absolute atomic E-state index is 0.150. The molecule has 0 spiro atoms. The van der Waals surface area contributed by atoms with Crippen LogP contribution < -0.4 is 10.6 Å². The number of hydrogen-bond acceptors (Lipinski definition) is 3. The van der Waals surface area contributed by atoms with Crippen molar-refractivity contribution in [3.8, 4) is 0 Å². The molecule has 0 bridgehead atoms. The molecule has 1 aromatic rings. The van der Waals surface area contributed by atoms with Crippen LogP contribution >= 0.6 is 0 Å². The van der Waals surface area contributed by atoms with Crippen LogP contribution in [0.15, 0.2) is 24.3 Å². The largest absolute Gasteiger partial charge is 0.391 e. The summed E-state index contributed by atoms with van der Waals surface area (Å²) < 4.78 is 0. The standard InChI is InChI=1S/C15H22N2O3/c1-4-10(2)14(19)9-16-15(20)12-5-7-13(8-6-12)17-11(3)18/h5-8,10,14,19H,4,9H2,1-3H3,(H,16,20)(H,17,18). The lowest BCUT2D eigenvalue weighted by Crippen LogP contribution is -2.35. The van der Waals surface area contributed by atoms with Crippen LogP contribution in [-0.2, 0) is 4.79 Å². The number of aliphatic hydroxyl groups is 1. The topological polar surface area (TPSA) is 78.4 Å². The molecule has 0 saturated heterocycles. The van der Waals surface area contributed by atoms with Crippen molar-refractivity contribution in [1.82, 2.24) is 5.32 Å². The molecular weight excluding hydrogens is 256 g/mol. The molecule has 0 aliphatic rings. The highest BCUT2D eigenvalue weighted by molar-refractivity contribution is 5.95. The molecule has 2 unspecified atom stereocenters. The number of anilines is 1. The number of aliphatic hydroxyl groups excluding tert-OH is 1. The second-order valence-electron chi connectivity index (χ2n) is 4.92. The van der Waals surface area contributed by atoms with Crippen molar-refractivity contribution >= 4 is 17.5 Å². The van der Waals surface area contributed by atoms with Gasteiger partial charge in [0.1, 0.15) is 0 Å². The molecule has 110 valence electrons. The maximum absolute atomic E-state index is 11.9. The summed E-state index contributed by atoms with van der Waals surface area (Å²) in [6.45, 7) is 5.60. The van der Waals surface area contributed by atoms with Gasteiger partial charge in [-0.2, -0.15) is 0 Å². The van der Waals surface area contributed by atoms with Crippen LogP contribution in [0.5, 0.6) is 0 Å². The summed E-state index contributed by atoms with van der Waals surface area (Å²) >= 11 is 0. The van der Waals surface area contributed by atoms with Gasteiger partial charge in [0, 0.05) is 24.7 Å². The Balaban J connectivity index is 2.53. The third-order valence-corrected chi connectivity index (χ3v) is 3.24. The van der Waals surface area contributed by atoms with Crippen LogP contribution in [0.4, 0.5) is 5.69 Å². The van der Waals surface area contributed by atoms with Crippen molar-refractivity contribution < 1.29 is 14.7 Å². The molecule has 0 fully saturated rings. The Morgan fingerprint density at radius 3 is 2.35 bits per heavy atom. The van der Waals surface area contributed by atoms with Gasteiger partial charge in [0.15, 0.2) is 0 Å². The summed E-state index contributed by atoms with van der Waals surface area (Å²) in [5.41, 5.74) is 1.14. The smallest absolute Gasteiger partial charge is 0.251 e. The molecule has 2 amide bonds. The second-order valence-corrected chi connectivity index (χ2v) is 4.92. The van der Waals surface area contributed by atoms with Gasteiger partial charge in [-0.1, -0.05) is 20.3 Å². The summed E-state index contributed by atoms with van der Waals surface area (Å²) in [4.78, 5) is 22.8. The van der Waals surface area contributed by atoms with Crippen molar-refractivity contribution in [2.75, 3.05) is 11.9 Å². The van der Waals surface area contributed by atoms with E-state index < -0.39 is 6.10 Å². The quantitative estimate of drug-likeness (QED) is 0.742. The zero-order valence-corrected chi connectivity index (χ0v) is 12.1. The third kappa shape index (κ3) is 5.01. The van der Waals surface area contributed by atoms with Crippen molar-refractivity contribution in [3.63, 3.8) is 0 Å². The van der Waals surface area contributed by atoms with E-state index in [1.54, 1.807) is 24.3 Å². The van der Waals surface area contributed by atoms with E-state index in [9.17, 15) is 14.7 Å². The van der Waals surface area contributed by atoms with E-state index in [0.29, 0.717) is 11.3 Å². The normalized spacial score (nSPS) is 13.4. The van der Waals surface area contributed by atoms with Gasteiger partial charge in [0.25, 0.3) is 5.91 Å². The average molecular weight is 278 g/mol. The molecule has 20 heavy (non-hydrogen) atoms. The maximum Gasteiger partial charge on any atom is 0.251 e. The van der Waals surface area contributed by atoms with Crippen LogP contribution in [0.3, 0.4) is 0 Å². The SMILES string of the molecule is CCC(C)C(O)CNC(=O)c1ccc(NC(C)=O)cc1. The molecule has 0 aliphatic heterocycles. The summed E-state index contributed by atoms with van der Waals surface area (Å²) in [5.74, 6) is -0.238. The van der Waals surface area contributed by atoms with Crippen LogP contribution in [0.1, 0.15) is 37.6 Å². The van der Waals surface area contributed by atoms with E-state index in [1.165, 1.54) is 6.92 Å². The van der Waals surface area contributed by atoms with E-state index in [2.05, 4.69) is 10.6 Å². The first kappa shape index (κ1) is 16.2. The maximum atomic E-state index is 11.9. The lowest BCUT2D eigenvalue weighted by atomic mass is 10.0. The number of hydrogen-bond donors (Lipinski definition) is 3. The van der Waals surface area contributed by atoms with Gasteiger partial charge in [-0.05, 0) is 30.2 Å². The van der Waals surface area contributed by atoms with Gasteiger partial charge in [-0.25, -0.2) is 0 Å². The van der Waals surface area contributed by atoms with Gasteiger partial charge in [0.05, 0.1) is 6.10 Å². The zero-order valence-electron chi connectivity index (χ0n) is 12.1. The van der Waals surface area contributed by atoms with Gasteiger partial charge in [0.2, 0.25) is 5.91 Å². The van der Waals surface area contributed by atoms with Crippen molar-refractivity contribution in [3.05, 3.63) is 29.8 Å². The number of benzene rings is 1. The van der Waals surface area contributed by atoms with Crippen molar-refractivity contribution in [1.29, 1.82) is 0 Å². The number of amides is 2. The molecule has 0 heterocycles. The van der Waals surface area contributed by atoms with Crippen LogP contribution in [0, 0.1) is 5.92 Å². The average Bonchev–Trinajstić information content (AvgIpc) is 2.43. The minimum Gasteiger partial charge on any atom is -0.391 e. The fourth-order valence-electron chi connectivity index (χ4n) is 1.68. The summed E-state index contributed by atoms with van der Waals surface area (Å²) in [6, 6.07) is 6.61. The highest BCUT2D eigenvalue weighted by Crippen LogP contribution is 2.10. The van der Waals surface area contributed by atoms with Gasteiger partial charge in [-0.3, -0.25) is 9.59 Å². The first-order valence-electron chi connectivity index (χ1n) is 6.78. The van der Waals surface area contributed by atoms with Gasteiger partial charge in [-0.15, -0.1) is 0 Å². The fourth-order valence-corrected chi connectivity index (χ4v) is 1.68. The Labute approximate surface area is 119 Å². The van der Waals surface area contributed by atoms with Crippen molar-refractivity contribution in [2.24, 2.45) is 5.92 Å². The van der Waals surface area contributed by atoms with E-state index in [4.69, 9.17) is 0 Å². The Kier molecular flexibility index (Phi) is 6.18. The van der Waals surface area contributed by atoms with E-state index >= 15 is 0 Å². The lowest BCUT2D eigenvalue weighted by Gasteiger charge is -2.17. The van der Waals surface area contributed by atoms with Gasteiger partial charge < -0.3 is 15.7 Å². The molecule has 5 heteroatoms. The van der Waals surface area contributed by atoms with Crippen molar-refractivity contribution in [2.45, 2.75) is 33.3 Å². The Morgan fingerprint density at radius 2 is 1.85 bits per heavy atom. The minimum atomic E-state index is -0.539. The Bertz CT molecular complexity index is 457. The number of carbonyl (C=O) groups excluding carboxylic acids is 2. The molecule has 0 radical (unpaired) electrons.